The van der Waals surface area contributed by atoms with Gasteiger partial charge in [0.25, 0.3) is 0 Å². The summed E-state index contributed by atoms with van der Waals surface area (Å²) in [5, 5.41) is 3.00. The lowest BCUT2D eigenvalue weighted by molar-refractivity contribution is 0.192. The molecule has 114 valence electrons. The van der Waals surface area contributed by atoms with E-state index in [1.54, 1.807) is 12.4 Å². The number of amides is 2. The van der Waals surface area contributed by atoms with Crippen molar-refractivity contribution < 1.29 is 4.79 Å². The minimum absolute atomic E-state index is 0.0299. The van der Waals surface area contributed by atoms with Crippen LogP contribution in [0, 0.1) is 0 Å². The molecular weight excluding hydrogens is 274 g/mol. The van der Waals surface area contributed by atoms with Crippen LogP contribution >= 0.6 is 0 Å². The maximum Gasteiger partial charge on any atom is 0.317 e. The van der Waals surface area contributed by atoms with Crippen LogP contribution in [-0.4, -0.2) is 28.5 Å². The third-order valence-electron chi connectivity index (χ3n) is 4.12. The zero-order chi connectivity index (χ0) is 15.2. The highest BCUT2D eigenvalue weighted by molar-refractivity contribution is 5.74. The monoisotopic (exact) mass is 295 g/mol. The van der Waals surface area contributed by atoms with Crippen LogP contribution in [0.3, 0.4) is 0 Å². The van der Waals surface area contributed by atoms with E-state index in [9.17, 15) is 4.79 Å². The molecule has 3 rings (SSSR count). The van der Waals surface area contributed by atoms with Gasteiger partial charge in [-0.2, -0.15) is 0 Å². The molecule has 2 heterocycles. The summed E-state index contributed by atoms with van der Waals surface area (Å²) in [6.07, 6.45) is 6.61. The average Bonchev–Trinajstić information content (AvgIpc) is 3.03. The Balaban J connectivity index is 1.57. The molecule has 1 saturated heterocycles. The van der Waals surface area contributed by atoms with Gasteiger partial charge in [-0.3, -0.25) is 4.98 Å². The van der Waals surface area contributed by atoms with Crippen LogP contribution in [0.2, 0.25) is 0 Å². The number of carbonyl (C=O) groups excluding carboxylic acids is 1. The molecule has 4 heteroatoms. The maximum atomic E-state index is 12.4. The first-order chi connectivity index (χ1) is 10.8. The van der Waals surface area contributed by atoms with Gasteiger partial charge in [-0.05, 0) is 36.5 Å². The fraction of sp³-hybridized carbons (Fsp3) is 0.333. The normalized spacial score (nSPS) is 17.5. The lowest BCUT2D eigenvalue weighted by atomic mass is 10.0. The summed E-state index contributed by atoms with van der Waals surface area (Å²) in [7, 11) is 0. The van der Waals surface area contributed by atoms with Gasteiger partial charge in [0.05, 0.1) is 0 Å². The topological polar surface area (TPSA) is 45.2 Å². The quantitative estimate of drug-likeness (QED) is 0.942. The van der Waals surface area contributed by atoms with Gasteiger partial charge in [0.1, 0.15) is 0 Å². The van der Waals surface area contributed by atoms with E-state index in [1.165, 1.54) is 5.56 Å². The number of rotatable bonds is 4. The molecule has 1 aliphatic heterocycles. The largest absolute Gasteiger partial charge is 0.334 e. The van der Waals surface area contributed by atoms with Crippen molar-refractivity contribution in [1.82, 2.24) is 15.2 Å². The van der Waals surface area contributed by atoms with Crippen molar-refractivity contribution in [2.75, 3.05) is 6.54 Å². The second-order valence-corrected chi connectivity index (χ2v) is 5.70. The predicted octanol–water partition coefficient (Wildman–Crippen LogP) is 3.00. The molecule has 1 atom stereocenters. The van der Waals surface area contributed by atoms with Crippen LogP contribution in [0.5, 0.6) is 0 Å². The SMILES string of the molecule is O=C(NCc1cccnc1)N1CCCC1Cc1ccccc1. The summed E-state index contributed by atoms with van der Waals surface area (Å²) in [6, 6.07) is 14.6. The molecule has 0 spiro atoms. The number of hydrogen-bond acceptors (Lipinski definition) is 2. The lowest BCUT2D eigenvalue weighted by Crippen LogP contribution is -2.43. The van der Waals surface area contributed by atoms with Crippen LogP contribution in [-0.2, 0) is 13.0 Å². The van der Waals surface area contributed by atoms with Gasteiger partial charge >= 0.3 is 6.03 Å². The number of nitrogens with one attached hydrogen (secondary N) is 1. The van der Waals surface area contributed by atoms with Gasteiger partial charge in [0, 0.05) is 31.5 Å². The molecule has 1 N–H and O–H groups in total. The van der Waals surface area contributed by atoms with Gasteiger partial charge in [-0.25, -0.2) is 4.79 Å². The van der Waals surface area contributed by atoms with Gasteiger partial charge in [0.2, 0.25) is 0 Å². The minimum atomic E-state index is 0.0299. The van der Waals surface area contributed by atoms with Gasteiger partial charge in [-0.15, -0.1) is 0 Å². The first-order valence-corrected chi connectivity index (χ1v) is 7.80. The molecule has 1 aliphatic rings. The number of pyridine rings is 1. The van der Waals surface area contributed by atoms with Crippen molar-refractivity contribution in [3.05, 3.63) is 66.0 Å². The Morgan fingerprint density at radius 1 is 1.18 bits per heavy atom. The van der Waals surface area contributed by atoms with E-state index in [1.807, 2.05) is 23.1 Å². The summed E-state index contributed by atoms with van der Waals surface area (Å²) in [5.41, 5.74) is 2.31. The second-order valence-electron chi connectivity index (χ2n) is 5.70. The number of likely N-dealkylation sites (tertiary alicyclic amines) is 1. The molecule has 0 aliphatic carbocycles. The number of nitrogens with zero attached hydrogens (tertiary/aromatic N) is 2. The Morgan fingerprint density at radius 2 is 2.00 bits per heavy atom. The Bertz CT molecular complexity index is 600. The van der Waals surface area contributed by atoms with E-state index >= 15 is 0 Å². The van der Waals surface area contributed by atoms with E-state index in [-0.39, 0.29) is 6.03 Å². The third-order valence-corrected chi connectivity index (χ3v) is 4.12. The molecule has 2 amide bonds. The van der Waals surface area contributed by atoms with Crippen LogP contribution in [0.15, 0.2) is 54.9 Å². The van der Waals surface area contributed by atoms with E-state index < -0.39 is 0 Å². The lowest BCUT2D eigenvalue weighted by Gasteiger charge is -2.25. The van der Waals surface area contributed by atoms with E-state index in [0.717, 1.165) is 31.4 Å². The summed E-state index contributed by atoms with van der Waals surface area (Å²) in [6.45, 7) is 1.37. The maximum absolute atomic E-state index is 12.4. The third kappa shape index (κ3) is 3.64. The van der Waals surface area contributed by atoms with Crippen molar-refractivity contribution in [3.8, 4) is 0 Å². The van der Waals surface area contributed by atoms with E-state index in [4.69, 9.17) is 0 Å². The van der Waals surface area contributed by atoms with Crippen LogP contribution in [0.1, 0.15) is 24.0 Å². The highest BCUT2D eigenvalue weighted by Gasteiger charge is 2.28. The zero-order valence-corrected chi connectivity index (χ0v) is 12.6. The van der Waals surface area contributed by atoms with Gasteiger partial charge < -0.3 is 10.2 Å². The molecule has 1 unspecified atom stereocenters. The molecule has 22 heavy (non-hydrogen) atoms. The number of carbonyl (C=O) groups is 1. The summed E-state index contributed by atoms with van der Waals surface area (Å²) in [4.78, 5) is 18.5. The highest BCUT2D eigenvalue weighted by atomic mass is 16.2. The summed E-state index contributed by atoms with van der Waals surface area (Å²) >= 11 is 0. The molecule has 0 saturated carbocycles. The molecule has 1 fully saturated rings. The highest BCUT2D eigenvalue weighted by Crippen LogP contribution is 2.21. The van der Waals surface area contributed by atoms with Crippen LogP contribution < -0.4 is 5.32 Å². The van der Waals surface area contributed by atoms with Gasteiger partial charge in [0.15, 0.2) is 0 Å². The Labute approximate surface area is 131 Å². The van der Waals surface area contributed by atoms with Crippen molar-refractivity contribution >= 4 is 6.03 Å². The van der Waals surface area contributed by atoms with Crippen LogP contribution in [0.4, 0.5) is 4.79 Å². The molecule has 4 nitrogen and oxygen atoms in total. The van der Waals surface area contributed by atoms with Gasteiger partial charge in [-0.1, -0.05) is 36.4 Å². The zero-order valence-electron chi connectivity index (χ0n) is 12.6. The van der Waals surface area contributed by atoms with Crippen molar-refractivity contribution in [2.45, 2.75) is 31.8 Å². The number of benzene rings is 1. The molecular formula is C18H21N3O. The van der Waals surface area contributed by atoms with E-state index in [0.29, 0.717) is 12.6 Å². The first kappa shape index (κ1) is 14.6. The van der Waals surface area contributed by atoms with Crippen LogP contribution in [0.25, 0.3) is 0 Å². The minimum Gasteiger partial charge on any atom is -0.334 e. The van der Waals surface area contributed by atoms with Crippen molar-refractivity contribution in [2.24, 2.45) is 0 Å². The standard InChI is InChI=1S/C18H21N3O/c22-18(20-14-16-8-4-10-19-13-16)21-11-5-9-17(21)12-15-6-2-1-3-7-15/h1-4,6-8,10,13,17H,5,9,11-12,14H2,(H,20,22). The average molecular weight is 295 g/mol. The Kier molecular flexibility index (Phi) is 4.68. The van der Waals surface area contributed by atoms with Crippen molar-refractivity contribution in [3.63, 3.8) is 0 Å². The second kappa shape index (κ2) is 7.07. The number of aromatic nitrogens is 1. The summed E-state index contributed by atoms with van der Waals surface area (Å²) < 4.78 is 0. The molecule has 0 bridgehead atoms. The predicted molar refractivity (Wildman–Crippen MR) is 86.3 cm³/mol. The Hall–Kier alpha value is -2.36. The fourth-order valence-corrected chi connectivity index (χ4v) is 2.98. The van der Waals surface area contributed by atoms with E-state index in [2.05, 4.69) is 34.6 Å². The molecule has 1 aromatic heterocycles. The first-order valence-electron chi connectivity index (χ1n) is 7.80. The fourth-order valence-electron chi connectivity index (χ4n) is 2.98. The molecule has 0 radical (unpaired) electrons. The number of hydrogen-bond donors (Lipinski definition) is 1. The van der Waals surface area contributed by atoms with Crippen molar-refractivity contribution in [1.29, 1.82) is 0 Å². The smallest absolute Gasteiger partial charge is 0.317 e. The Morgan fingerprint density at radius 3 is 2.77 bits per heavy atom. The number of urea groups is 1. The molecule has 2 aromatic rings. The summed E-state index contributed by atoms with van der Waals surface area (Å²) in [5.74, 6) is 0. The molecule has 1 aromatic carbocycles.